The Bertz CT molecular complexity index is 584. The highest BCUT2D eigenvalue weighted by molar-refractivity contribution is 6.36. The van der Waals surface area contributed by atoms with Crippen LogP contribution in [0, 0.1) is 5.92 Å². The molecule has 1 fully saturated rings. The molecule has 1 aromatic rings. The van der Waals surface area contributed by atoms with Crippen molar-refractivity contribution in [2.75, 3.05) is 19.6 Å². The number of likely N-dealkylation sites (tertiary alicyclic amines) is 1. The van der Waals surface area contributed by atoms with Gasteiger partial charge in [0.25, 0.3) is 5.91 Å². The number of halogens is 2. The van der Waals surface area contributed by atoms with Crippen LogP contribution in [-0.4, -0.2) is 36.3 Å². The Morgan fingerprint density at radius 3 is 2.54 bits per heavy atom. The number of nitrogens with one attached hydrogen (secondary N) is 1. The van der Waals surface area contributed by atoms with Gasteiger partial charge in [0.05, 0.1) is 10.6 Å². The van der Waals surface area contributed by atoms with Crippen molar-refractivity contribution in [3.05, 3.63) is 33.8 Å². The smallest absolute Gasteiger partial charge is 0.255 e. The predicted molar refractivity (Wildman–Crippen MR) is 97.6 cm³/mol. The number of rotatable bonds is 6. The highest BCUT2D eigenvalue weighted by atomic mass is 35.5. The maximum Gasteiger partial charge on any atom is 0.255 e. The van der Waals surface area contributed by atoms with Crippen LogP contribution in [0.4, 0.5) is 0 Å². The van der Waals surface area contributed by atoms with Crippen LogP contribution >= 0.6 is 23.2 Å². The zero-order valence-corrected chi connectivity index (χ0v) is 15.5. The summed E-state index contributed by atoms with van der Waals surface area (Å²) in [6.45, 7) is 4.03. The van der Waals surface area contributed by atoms with Gasteiger partial charge in [-0.25, -0.2) is 0 Å². The van der Waals surface area contributed by atoms with E-state index in [4.69, 9.17) is 23.2 Å². The summed E-state index contributed by atoms with van der Waals surface area (Å²) in [5, 5.41) is 3.87. The van der Waals surface area contributed by atoms with Gasteiger partial charge in [-0.05, 0) is 37.5 Å². The minimum absolute atomic E-state index is 0.00336. The molecule has 0 radical (unpaired) electrons. The monoisotopic (exact) mass is 370 g/mol. The molecule has 0 spiro atoms. The molecule has 2 amide bonds. The van der Waals surface area contributed by atoms with Crippen LogP contribution in [0.2, 0.25) is 10.0 Å². The summed E-state index contributed by atoms with van der Waals surface area (Å²) < 4.78 is 0. The van der Waals surface area contributed by atoms with Crippen LogP contribution in [0.3, 0.4) is 0 Å². The summed E-state index contributed by atoms with van der Waals surface area (Å²) in [4.78, 5) is 26.5. The molecule has 0 bridgehead atoms. The van der Waals surface area contributed by atoms with Gasteiger partial charge in [0.15, 0.2) is 0 Å². The highest BCUT2D eigenvalue weighted by Crippen LogP contribution is 2.25. The van der Waals surface area contributed by atoms with Crippen LogP contribution in [0.25, 0.3) is 0 Å². The van der Waals surface area contributed by atoms with Gasteiger partial charge in [-0.15, -0.1) is 0 Å². The second-order valence-corrected chi connectivity index (χ2v) is 7.03. The maximum atomic E-state index is 12.6. The third kappa shape index (κ3) is 5.12. The molecule has 2 rings (SSSR count). The average molecular weight is 371 g/mol. The van der Waals surface area contributed by atoms with Crippen LogP contribution in [-0.2, 0) is 4.79 Å². The van der Waals surface area contributed by atoms with Gasteiger partial charge in [-0.3, -0.25) is 9.59 Å². The van der Waals surface area contributed by atoms with Gasteiger partial charge >= 0.3 is 0 Å². The van der Waals surface area contributed by atoms with E-state index >= 15 is 0 Å². The standard InChI is InChI=1S/C18H24Cl2N2O2/c1-2-3-4-9-21-17(23)13-7-10-22(11-8-13)18(24)15-6-5-14(19)12-16(15)20/h5-6,12-13H,2-4,7-11H2,1H3,(H,21,23). The molecular formula is C18H24Cl2N2O2. The van der Waals surface area contributed by atoms with Crippen molar-refractivity contribution in [2.45, 2.75) is 39.0 Å². The quantitative estimate of drug-likeness (QED) is 0.764. The van der Waals surface area contributed by atoms with Crippen molar-refractivity contribution in [1.29, 1.82) is 0 Å². The third-order valence-corrected chi connectivity index (χ3v) is 4.94. The van der Waals surface area contributed by atoms with Gasteiger partial charge in [0.2, 0.25) is 5.91 Å². The molecule has 6 heteroatoms. The Kier molecular flexibility index (Phi) is 7.38. The van der Waals surface area contributed by atoms with E-state index in [9.17, 15) is 9.59 Å². The first-order valence-electron chi connectivity index (χ1n) is 8.55. The molecule has 1 saturated heterocycles. The van der Waals surface area contributed by atoms with E-state index in [0.717, 1.165) is 25.8 Å². The molecule has 0 unspecified atom stereocenters. The normalized spacial score (nSPS) is 15.4. The molecule has 0 aliphatic carbocycles. The topological polar surface area (TPSA) is 49.4 Å². The van der Waals surface area contributed by atoms with E-state index in [-0.39, 0.29) is 17.7 Å². The number of unbranched alkanes of at least 4 members (excludes halogenated alkanes) is 2. The van der Waals surface area contributed by atoms with E-state index < -0.39 is 0 Å². The molecule has 0 saturated carbocycles. The zero-order chi connectivity index (χ0) is 17.5. The summed E-state index contributed by atoms with van der Waals surface area (Å²) in [5.74, 6) is 0.0116. The van der Waals surface area contributed by atoms with E-state index in [2.05, 4.69) is 12.2 Å². The molecule has 1 aliphatic rings. The average Bonchev–Trinajstić information content (AvgIpc) is 2.58. The lowest BCUT2D eigenvalue weighted by Gasteiger charge is -2.31. The number of amides is 2. The summed E-state index contributed by atoms with van der Waals surface area (Å²) >= 11 is 12.0. The number of hydrogen-bond acceptors (Lipinski definition) is 2. The van der Waals surface area contributed by atoms with E-state index in [1.165, 1.54) is 0 Å². The minimum Gasteiger partial charge on any atom is -0.356 e. The lowest BCUT2D eigenvalue weighted by Crippen LogP contribution is -2.43. The summed E-state index contributed by atoms with van der Waals surface area (Å²) in [7, 11) is 0. The van der Waals surface area contributed by atoms with Gasteiger partial charge < -0.3 is 10.2 Å². The van der Waals surface area contributed by atoms with Crippen molar-refractivity contribution >= 4 is 35.0 Å². The van der Waals surface area contributed by atoms with Gasteiger partial charge in [-0.2, -0.15) is 0 Å². The Morgan fingerprint density at radius 2 is 1.92 bits per heavy atom. The Hall–Kier alpha value is -1.26. The SMILES string of the molecule is CCCCCNC(=O)C1CCN(C(=O)c2ccc(Cl)cc2Cl)CC1. The Labute approximate surface area is 153 Å². The molecule has 4 nitrogen and oxygen atoms in total. The van der Waals surface area contributed by atoms with E-state index in [1.54, 1.807) is 23.1 Å². The van der Waals surface area contributed by atoms with Crippen LogP contribution < -0.4 is 5.32 Å². The molecular weight excluding hydrogens is 347 g/mol. The number of piperidine rings is 1. The third-order valence-electron chi connectivity index (χ3n) is 4.39. The number of benzene rings is 1. The summed E-state index contributed by atoms with van der Waals surface area (Å²) in [5.41, 5.74) is 0.462. The maximum absolute atomic E-state index is 12.6. The van der Waals surface area contributed by atoms with Crippen LogP contribution in [0.15, 0.2) is 18.2 Å². The summed E-state index contributed by atoms with van der Waals surface area (Å²) in [6.07, 6.45) is 4.68. The van der Waals surface area contributed by atoms with Crippen molar-refractivity contribution in [2.24, 2.45) is 5.92 Å². The van der Waals surface area contributed by atoms with E-state index in [1.807, 2.05) is 0 Å². The van der Waals surface area contributed by atoms with Crippen LogP contribution in [0.1, 0.15) is 49.4 Å². The molecule has 24 heavy (non-hydrogen) atoms. The molecule has 1 aromatic carbocycles. The van der Waals surface area contributed by atoms with Gasteiger partial charge in [0.1, 0.15) is 0 Å². The number of carbonyl (C=O) groups excluding carboxylic acids is 2. The Balaban J connectivity index is 1.83. The summed E-state index contributed by atoms with van der Waals surface area (Å²) in [6, 6.07) is 4.89. The van der Waals surface area contributed by atoms with Crippen LogP contribution in [0.5, 0.6) is 0 Å². The second kappa shape index (κ2) is 9.28. The lowest BCUT2D eigenvalue weighted by atomic mass is 9.95. The fourth-order valence-corrected chi connectivity index (χ4v) is 3.40. The van der Waals surface area contributed by atoms with Crippen molar-refractivity contribution in [3.63, 3.8) is 0 Å². The van der Waals surface area contributed by atoms with Gasteiger partial charge in [-0.1, -0.05) is 43.0 Å². The molecule has 0 aromatic heterocycles. The Morgan fingerprint density at radius 1 is 1.21 bits per heavy atom. The van der Waals surface area contributed by atoms with Crippen molar-refractivity contribution in [3.8, 4) is 0 Å². The molecule has 1 aliphatic heterocycles. The minimum atomic E-state index is -0.0986. The fourth-order valence-electron chi connectivity index (χ4n) is 2.91. The lowest BCUT2D eigenvalue weighted by molar-refractivity contribution is -0.126. The first-order chi connectivity index (χ1) is 11.5. The first kappa shape index (κ1) is 19.1. The molecule has 132 valence electrons. The number of hydrogen-bond donors (Lipinski definition) is 1. The van der Waals surface area contributed by atoms with Gasteiger partial charge in [0, 0.05) is 30.6 Å². The fraction of sp³-hybridized carbons (Fsp3) is 0.556. The highest BCUT2D eigenvalue weighted by Gasteiger charge is 2.28. The largest absolute Gasteiger partial charge is 0.356 e. The predicted octanol–water partition coefficient (Wildman–Crippen LogP) is 4.15. The molecule has 1 heterocycles. The van der Waals surface area contributed by atoms with Crippen molar-refractivity contribution < 1.29 is 9.59 Å². The number of carbonyl (C=O) groups is 2. The molecule has 1 N–H and O–H groups in total. The number of nitrogens with zero attached hydrogens (tertiary/aromatic N) is 1. The van der Waals surface area contributed by atoms with Crippen molar-refractivity contribution in [1.82, 2.24) is 10.2 Å². The first-order valence-corrected chi connectivity index (χ1v) is 9.30. The second-order valence-electron chi connectivity index (χ2n) is 6.19. The zero-order valence-electron chi connectivity index (χ0n) is 14.0. The van der Waals surface area contributed by atoms with E-state index in [0.29, 0.717) is 41.5 Å². The molecule has 0 atom stereocenters.